The highest BCUT2D eigenvalue weighted by Crippen LogP contribution is 2.28. The van der Waals surface area contributed by atoms with Gasteiger partial charge in [0.1, 0.15) is 0 Å². The molecule has 0 saturated heterocycles. The van der Waals surface area contributed by atoms with Gasteiger partial charge in [-0.25, -0.2) is 0 Å². The van der Waals surface area contributed by atoms with Gasteiger partial charge in [-0.1, -0.05) is 25.7 Å². The van der Waals surface area contributed by atoms with E-state index in [-0.39, 0.29) is 5.78 Å². The summed E-state index contributed by atoms with van der Waals surface area (Å²) in [5.74, 6) is -0.602. The van der Waals surface area contributed by atoms with E-state index in [4.69, 9.17) is 10.5 Å². The highest BCUT2D eigenvalue weighted by atomic mass is 16.1. The Balaban J connectivity index is 2.27. The molecule has 3 nitrogen and oxygen atoms in total. The standard InChI is InChI=1S/C11H14N2O/c12-7-10(8-13)11(14)6-5-9-3-1-2-4-9/h9-10H,1-6H2. The van der Waals surface area contributed by atoms with Crippen LogP contribution in [0.2, 0.25) is 0 Å². The van der Waals surface area contributed by atoms with E-state index in [2.05, 4.69) is 0 Å². The average Bonchev–Trinajstić information content (AvgIpc) is 2.69. The van der Waals surface area contributed by atoms with Crippen LogP contribution in [0.25, 0.3) is 0 Å². The van der Waals surface area contributed by atoms with Gasteiger partial charge in [0.15, 0.2) is 11.7 Å². The fraction of sp³-hybridized carbons (Fsp3) is 0.727. The lowest BCUT2D eigenvalue weighted by molar-refractivity contribution is -0.120. The summed E-state index contributed by atoms with van der Waals surface area (Å²) in [5.41, 5.74) is 0. The lowest BCUT2D eigenvalue weighted by atomic mass is 9.96. The zero-order valence-corrected chi connectivity index (χ0v) is 8.20. The second-order valence-corrected chi connectivity index (χ2v) is 3.85. The minimum Gasteiger partial charge on any atom is -0.297 e. The number of Topliss-reactive ketones (excluding diaryl/α,β-unsaturated/α-hetero) is 1. The van der Waals surface area contributed by atoms with Crippen molar-refractivity contribution in [3.05, 3.63) is 0 Å². The fourth-order valence-electron chi connectivity index (χ4n) is 1.96. The number of carbonyl (C=O) groups excluding carboxylic acids is 1. The molecular weight excluding hydrogens is 176 g/mol. The molecule has 1 aliphatic rings. The van der Waals surface area contributed by atoms with Crippen molar-refractivity contribution in [3.63, 3.8) is 0 Å². The first-order valence-electron chi connectivity index (χ1n) is 5.10. The van der Waals surface area contributed by atoms with Crippen LogP contribution in [0.4, 0.5) is 0 Å². The van der Waals surface area contributed by atoms with Gasteiger partial charge in [-0.3, -0.25) is 4.79 Å². The number of hydrogen-bond acceptors (Lipinski definition) is 3. The number of hydrogen-bond donors (Lipinski definition) is 0. The van der Waals surface area contributed by atoms with Crippen molar-refractivity contribution >= 4 is 5.78 Å². The molecule has 74 valence electrons. The summed E-state index contributed by atoms with van der Waals surface area (Å²) in [6, 6.07) is 3.43. The molecule has 1 fully saturated rings. The Morgan fingerprint density at radius 2 is 1.86 bits per heavy atom. The zero-order chi connectivity index (χ0) is 10.4. The smallest absolute Gasteiger partial charge is 0.191 e. The number of rotatable bonds is 4. The van der Waals surface area contributed by atoms with Crippen LogP contribution >= 0.6 is 0 Å². The van der Waals surface area contributed by atoms with Crippen molar-refractivity contribution in [3.8, 4) is 12.1 Å². The van der Waals surface area contributed by atoms with Gasteiger partial charge in [0.05, 0.1) is 12.1 Å². The van der Waals surface area contributed by atoms with Crippen LogP contribution < -0.4 is 0 Å². The van der Waals surface area contributed by atoms with Crippen molar-refractivity contribution in [2.24, 2.45) is 11.8 Å². The molecule has 1 rings (SSSR count). The van der Waals surface area contributed by atoms with Gasteiger partial charge >= 0.3 is 0 Å². The summed E-state index contributed by atoms with van der Waals surface area (Å²) in [5, 5.41) is 17.0. The molecule has 3 heteroatoms. The summed E-state index contributed by atoms with van der Waals surface area (Å²) in [6.07, 6.45) is 6.20. The molecule has 0 spiro atoms. The van der Waals surface area contributed by atoms with E-state index in [1.165, 1.54) is 25.7 Å². The van der Waals surface area contributed by atoms with Crippen LogP contribution in [0.5, 0.6) is 0 Å². The Morgan fingerprint density at radius 3 is 2.36 bits per heavy atom. The Morgan fingerprint density at radius 1 is 1.29 bits per heavy atom. The van der Waals surface area contributed by atoms with Crippen LogP contribution in [-0.4, -0.2) is 5.78 Å². The quantitative estimate of drug-likeness (QED) is 0.682. The predicted octanol–water partition coefficient (Wildman–Crippen LogP) is 2.19. The van der Waals surface area contributed by atoms with Crippen LogP contribution in [0, 0.1) is 34.5 Å². The monoisotopic (exact) mass is 190 g/mol. The van der Waals surface area contributed by atoms with Crippen LogP contribution in [0.3, 0.4) is 0 Å². The summed E-state index contributed by atoms with van der Waals surface area (Å²) >= 11 is 0. The second-order valence-electron chi connectivity index (χ2n) is 3.85. The Labute approximate surface area is 84.3 Å². The molecular formula is C11H14N2O. The first-order chi connectivity index (χ1) is 6.77. The second kappa shape index (κ2) is 5.40. The molecule has 0 aromatic heterocycles. The molecule has 1 saturated carbocycles. The maximum absolute atomic E-state index is 11.3. The van der Waals surface area contributed by atoms with Crippen LogP contribution in [-0.2, 0) is 4.79 Å². The number of nitrogens with zero attached hydrogens (tertiary/aromatic N) is 2. The van der Waals surface area contributed by atoms with Crippen molar-refractivity contribution in [2.75, 3.05) is 0 Å². The average molecular weight is 190 g/mol. The van der Waals surface area contributed by atoms with Crippen molar-refractivity contribution in [1.29, 1.82) is 10.5 Å². The Hall–Kier alpha value is -1.35. The molecule has 14 heavy (non-hydrogen) atoms. The Bertz CT molecular complexity index is 265. The molecule has 0 radical (unpaired) electrons. The largest absolute Gasteiger partial charge is 0.297 e. The van der Waals surface area contributed by atoms with E-state index in [9.17, 15) is 4.79 Å². The number of nitriles is 2. The molecule has 0 aromatic carbocycles. The van der Waals surface area contributed by atoms with E-state index in [1.54, 1.807) is 12.1 Å². The van der Waals surface area contributed by atoms with Crippen LogP contribution in [0.1, 0.15) is 38.5 Å². The minimum absolute atomic E-state index is 0.207. The molecule has 0 unspecified atom stereocenters. The van der Waals surface area contributed by atoms with Crippen LogP contribution in [0.15, 0.2) is 0 Å². The molecule has 0 atom stereocenters. The predicted molar refractivity (Wildman–Crippen MR) is 50.9 cm³/mol. The molecule has 0 aromatic rings. The third-order valence-corrected chi connectivity index (χ3v) is 2.85. The number of ketones is 1. The zero-order valence-electron chi connectivity index (χ0n) is 8.20. The van der Waals surface area contributed by atoms with Gasteiger partial charge in [0, 0.05) is 6.42 Å². The fourth-order valence-corrected chi connectivity index (χ4v) is 1.96. The SMILES string of the molecule is N#CC(C#N)C(=O)CCC1CCCC1. The lowest BCUT2D eigenvalue weighted by Gasteiger charge is -2.07. The lowest BCUT2D eigenvalue weighted by Crippen LogP contribution is -2.11. The molecule has 0 bridgehead atoms. The van der Waals surface area contributed by atoms with Gasteiger partial charge in [-0.2, -0.15) is 10.5 Å². The molecule has 0 heterocycles. The highest BCUT2D eigenvalue weighted by Gasteiger charge is 2.20. The van der Waals surface area contributed by atoms with E-state index in [0.717, 1.165) is 6.42 Å². The molecule has 0 aliphatic heterocycles. The van der Waals surface area contributed by atoms with E-state index < -0.39 is 5.92 Å². The summed E-state index contributed by atoms with van der Waals surface area (Å²) in [6.45, 7) is 0. The molecule has 0 N–H and O–H groups in total. The van der Waals surface area contributed by atoms with Gasteiger partial charge in [0.25, 0.3) is 0 Å². The third-order valence-electron chi connectivity index (χ3n) is 2.85. The summed E-state index contributed by atoms with van der Waals surface area (Å²) in [4.78, 5) is 11.3. The van der Waals surface area contributed by atoms with Crippen molar-refractivity contribution in [2.45, 2.75) is 38.5 Å². The van der Waals surface area contributed by atoms with Gasteiger partial charge in [-0.15, -0.1) is 0 Å². The summed E-state index contributed by atoms with van der Waals surface area (Å²) < 4.78 is 0. The van der Waals surface area contributed by atoms with Gasteiger partial charge in [-0.05, 0) is 12.3 Å². The van der Waals surface area contributed by atoms with E-state index >= 15 is 0 Å². The Kier molecular flexibility index (Phi) is 4.13. The maximum atomic E-state index is 11.3. The van der Waals surface area contributed by atoms with Gasteiger partial charge < -0.3 is 0 Å². The molecule has 0 amide bonds. The van der Waals surface area contributed by atoms with E-state index in [1.807, 2.05) is 0 Å². The summed E-state index contributed by atoms with van der Waals surface area (Å²) in [7, 11) is 0. The first kappa shape index (κ1) is 10.7. The topological polar surface area (TPSA) is 64.7 Å². The highest BCUT2D eigenvalue weighted by molar-refractivity contribution is 5.85. The first-order valence-corrected chi connectivity index (χ1v) is 5.10. The maximum Gasteiger partial charge on any atom is 0.191 e. The van der Waals surface area contributed by atoms with Gasteiger partial charge in [0.2, 0.25) is 0 Å². The minimum atomic E-state index is -1.04. The van der Waals surface area contributed by atoms with Crippen molar-refractivity contribution in [1.82, 2.24) is 0 Å². The van der Waals surface area contributed by atoms with Crippen molar-refractivity contribution < 1.29 is 4.79 Å². The third kappa shape index (κ3) is 2.85. The molecule has 1 aliphatic carbocycles. The van der Waals surface area contributed by atoms with E-state index in [0.29, 0.717) is 12.3 Å². The normalized spacial score (nSPS) is 16.5. The number of carbonyl (C=O) groups is 1.